The molecule has 2 aromatic heterocycles. The highest BCUT2D eigenvalue weighted by atomic mass is 35.5. The minimum Gasteiger partial charge on any atom is -0.542 e. The number of rotatable bonds is 1. The molecule has 2 aromatic rings. The number of aromatic nitrogens is 2. The van der Waals surface area contributed by atoms with E-state index in [-0.39, 0.29) is 11.0 Å². The van der Waals surface area contributed by atoms with Crippen molar-refractivity contribution >= 4 is 39.1 Å². The van der Waals surface area contributed by atoms with Gasteiger partial charge in [0.2, 0.25) is 0 Å². The SMILES string of the molecule is O=C([O-])c1nc(Cl)c2sccc2n1. The number of carbonyl (C=O) groups is 1. The molecule has 0 saturated carbocycles. The third-order valence-corrected chi connectivity index (χ3v) is 2.74. The van der Waals surface area contributed by atoms with E-state index < -0.39 is 5.97 Å². The van der Waals surface area contributed by atoms with E-state index in [0.29, 0.717) is 10.2 Å². The Morgan fingerprint density at radius 1 is 1.54 bits per heavy atom. The van der Waals surface area contributed by atoms with Crippen LogP contribution in [0.15, 0.2) is 11.4 Å². The van der Waals surface area contributed by atoms with Gasteiger partial charge in [0.25, 0.3) is 0 Å². The first kappa shape index (κ1) is 8.40. The Balaban J connectivity index is 2.77. The van der Waals surface area contributed by atoms with Gasteiger partial charge in [-0.3, -0.25) is 0 Å². The number of carboxylic acids is 1. The molecule has 0 atom stereocenters. The van der Waals surface area contributed by atoms with Gasteiger partial charge < -0.3 is 9.90 Å². The minimum atomic E-state index is -1.42. The topological polar surface area (TPSA) is 65.9 Å². The Kier molecular flexibility index (Phi) is 1.90. The third-order valence-electron chi connectivity index (χ3n) is 1.44. The van der Waals surface area contributed by atoms with Crippen molar-refractivity contribution in [2.75, 3.05) is 0 Å². The molecule has 0 aliphatic carbocycles. The van der Waals surface area contributed by atoms with Gasteiger partial charge in [-0.2, -0.15) is 0 Å². The zero-order valence-corrected chi connectivity index (χ0v) is 7.72. The Bertz CT molecular complexity index is 482. The molecular weight excluding hydrogens is 212 g/mol. The molecule has 4 nitrogen and oxygen atoms in total. The van der Waals surface area contributed by atoms with Gasteiger partial charge in [0, 0.05) is 0 Å². The Hall–Kier alpha value is -1.20. The summed E-state index contributed by atoms with van der Waals surface area (Å²) in [5.41, 5.74) is 0.532. The second kappa shape index (κ2) is 2.93. The van der Waals surface area contributed by atoms with Crippen LogP contribution < -0.4 is 5.11 Å². The van der Waals surface area contributed by atoms with E-state index in [0.717, 1.165) is 0 Å². The lowest BCUT2D eigenvalue weighted by molar-refractivity contribution is -0.256. The van der Waals surface area contributed by atoms with E-state index in [4.69, 9.17) is 11.6 Å². The molecule has 0 aliphatic rings. The summed E-state index contributed by atoms with van der Waals surface area (Å²) in [6.45, 7) is 0. The van der Waals surface area contributed by atoms with Crippen LogP contribution in [0.3, 0.4) is 0 Å². The molecule has 6 heteroatoms. The van der Waals surface area contributed by atoms with Gasteiger partial charge >= 0.3 is 0 Å². The third kappa shape index (κ3) is 1.36. The highest BCUT2D eigenvalue weighted by molar-refractivity contribution is 7.17. The van der Waals surface area contributed by atoms with Gasteiger partial charge in [-0.15, -0.1) is 11.3 Å². The van der Waals surface area contributed by atoms with Crippen LogP contribution in [0, 0.1) is 0 Å². The summed E-state index contributed by atoms with van der Waals surface area (Å²) in [4.78, 5) is 17.8. The number of aromatic carboxylic acids is 1. The fourth-order valence-corrected chi connectivity index (χ4v) is 1.94. The Morgan fingerprint density at radius 3 is 3.00 bits per heavy atom. The molecule has 0 spiro atoms. The maximum atomic E-state index is 10.4. The standard InChI is InChI=1S/C7H3ClN2O2S/c8-5-4-3(1-2-13-4)9-6(10-5)7(11)12/h1-2H,(H,11,12)/p-1. The summed E-state index contributed by atoms with van der Waals surface area (Å²) in [5, 5.41) is 12.3. The fourth-order valence-electron chi connectivity index (χ4n) is 0.919. The van der Waals surface area contributed by atoms with Crippen LogP contribution in [-0.4, -0.2) is 15.9 Å². The van der Waals surface area contributed by atoms with Gasteiger partial charge in [0.15, 0.2) is 11.0 Å². The van der Waals surface area contributed by atoms with Crippen molar-refractivity contribution in [3.63, 3.8) is 0 Å². The van der Waals surface area contributed by atoms with Crippen molar-refractivity contribution in [1.29, 1.82) is 0 Å². The predicted molar refractivity (Wildman–Crippen MR) is 46.8 cm³/mol. The van der Waals surface area contributed by atoms with Gasteiger partial charge in [0.05, 0.1) is 10.2 Å². The maximum absolute atomic E-state index is 10.4. The quantitative estimate of drug-likeness (QED) is 0.655. The summed E-state index contributed by atoms with van der Waals surface area (Å²) in [6, 6.07) is 1.68. The number of fused-ring (bicyclic) bond motifs is 1. The molecule has 0 bridgehead atoms. The molecule has 0 amide bonds. The zero-order chi connectivity index (χ0) is 9.42. The lowest BCUT2D eigenvalue weighted by Crippen LogP contribution is -2.24. The van der Waals surface area contributed by atoms with Crippen LogP contribution in [0.2, 0.25) is 5.15 Å². The van der Waals surface area contributed by atoms with Gasteiger partial charge in [-0.05, 0) is 11.4 Å². The molecule has 2 heterocycles. The van der Waals surface area contributed by atoms with Gasteiger partial charge in [0.1, 0.15) is 5.97 Å². The minimum absolute atomic E-state index is 0.152. The van der Waals surface area contributed by atoms with Crippen molar-refractivity contribution in [2.24, 2.45) is 0 Å². The molecule has 0 N–H and O–H groups in total. The van der Waals surface area contributed by atoms with Gasteiger partial charge in [-0.25, -0.2) is 9.97 Å². The second-order valence-electron chi connectivity index (χ2n) is 2.26. The van der Waals surface area contributed by atoms with Crippen LogP contribution in [0.5, 0.6) is 0 Å². The number of hydrogen-bond acceptors (Lipinski definition) is 5. The Morgan fingerprint density at radius 2 is 2.31 bits per heavy atom. The molecular formula is C7H2ClN2O2S-. The average Bonchev–Trinajstić information content (AvgIpc) is 2.51. The summed E-state index contributed by atoms with van der Waals surface area (Å²) in [7, 11) is 0. The molecule has 0 saturated heterocycles. The van der Waals surface area contributed by atoms with E-state index in [1.54, 1.807) is 11.4 Å². The Labute approximate surface area is 81.8 Å². The number of thiophene rings is 1. The predicted octanol–water partition coefficient (Wildman–Crippen LogP) is 0.708. The zero-order valence-electron chi connectivity index (χ0n) is 6.15. The highest BCUT2D eigenvalue weighted by Crippen LogP contribution is 2.25. The largest absolute Gasteiger partial charge is 0.542 e. The number of carbonyl (C=O) groups excluding carboxylic acids is 1. The van der Waals surface area contributed by atoms with E-state index in [2.05, 4.69) is 9.97 Å². The van der Waals surface area contributed by atoms with Crippen molar-refractivity contribution in [3.8, 4) is 0 Å². The van der Waals surface area contributed by atoms with Gasteiger partial charge in [-0.1, -0.05) is 11.6 Å². The van der Waals surface area contributed by atoms with Crippen LogP contribution in [0.4, 0.5) is 0 Å². The molecule has 2 rings (SSSR count). The van der Waals surface area contributed by atoms with E-state index >= 15 is 0 Å². The maximum Gasteiger partial charge on any atom is 0.177 e. The van der Waals surface area contributed by atoms with Crippen molar-refractivity contribution in [3.05, 3.63) is 22.4 Å². The highest BCUT2D eigenvalue weighted by Gasteiger charge is 2.06. The van der Waals surface area contributed by atoms with Crippen LogP contribution in [0.25, 0.3) is 10.2 Å². The first-order chi connectivity index (χ1) is 6.18. The average molecular weight is 214 g/mol. The molecule has 66 valence electrons. The van der Waals surface area contributed by atoms with E-state index in [9.17, 15) is 9.90 Å². The molecule has 0 unspecified atom stereocenters. The van der Waals surface area contributed by atoms with Crippen molar-refractivity contribution in [1.82, 2.24) is 9.97 Å². The van der Waals surface area contributed by atoms with Crippen LogP contribution >= 0.6 is 22.9 Å². The fraction of sp³-hybridized carbons (Fsp3) is 0. The van der Waals surface area contributed by atoms with E-state index in [1.165, 1.54) is 11.3 Å². The molecule has 0 aliphatic heterocycles. The number of hydrogen-bond donors (Lipinski definition) is 0. The first-order valence-electron chi connectivity index (χ1n) is 3.30. The lowest BCUT2D eigenvalue weighted by Gasteiger charge is -2.00. The molecule has 0 fully saturated rings. The first-order valence-corrected chi connectivity index (χ1v) is 4.56. The normalized spacial score (nSPS) is 10.5. The van der Waals surface area contributed by atoms with Crippen molar-refractivity contribution < 1.29 is 9.90 Å². The number of nitrogens with zero attached hydrogens (tertiary/aromatic N) is 2. The summed E-state index contributed by atoms with van der Waals surface area (Å²) in [5.74, 6) is -1.80. The molecule has 0 aromatic carbocycles. The summed E-state index contributed by atoms with van der Waals surface area (Å²) in [6.07, 6.45) is 0. The second-order valence-corrected chi connectivity index (χ2v) is 3.53. The monoisotopic (exact) mass is 213 g/mol. The van der Waals surface area contributed by atoms with Crippen LogP contribution in [0.1, 0.15) is 10.6 Å². The summed E-state index contributed by atoms with van der Waals surface area (Å²) >= 11 is 7.08. The molecule has 0 radical (unpaired) electrons. The smallest absolute Gasteiger partial charge is 0.177 e. The lowest BCUT2D eigenvalue weighted by atomic mass is 10.4. The number of carboxylic acid groups (broad SMARTS) is 1. The summed E-state index contributed by atoms with van der Waals surface area (Å²) < 4.78 is 0.687. The van der Waals surface area contributed by atoms with E-state index in [1.807, 2.05) is 0 Å². The van der Waals surface area contributed by atoms with Crippen LogP contribution in [-0.2, 0) is 0 Å². The number of halogens is 1. The van der Waals surface area contributed by atoms with Crippen molar-refractivity contribution in [2.45, 2.75) is 0 Å². The molecule has 13 heavy (non-hydrogen) atoms.